The summed E-state index contributed by atoms with van der Waals surface area (Å²) in [5.41, 5.74) is 1.43. The standard InChI is InChI=1S/C18H14N2O5/c1-10-5-7-11(8-6-10)16(21)14-15(19-18(23)17(14)22)12-3-2-4-13(9-12)20(24)25/h2-9,15,21H,1H3,(H,19,23)/b16-14+. The molecule has 1 amide bonds. The zero-order chi connectivity index (χ0) is 18.1. The normalized spacial score (nSPS) is 18.8. The Balaban J connectivity index is 2.12. The Morgan fingerprint density at radius 2 is 1.84 bits per heavy atom. The summed E-state index contributed by atoms with van der Waals surface area (Å²) >= 11 is 0. The number of aliphatic hydroxyl groups is 1. The van der Waals surface area contributed by atoms with Gasteiger partial charge in [0.05, 0.1) is 16.5 Å². The quantitative estimate of drug-likeness (QED) is 0.294. The fourth-order valence-corrected chi connectivity index (χ4v) is 2.70. The maximum absolute atomic E-state index is 12.2. The Kier molecular flexibility index (Phi) is 4.06. The van der Waals surface area contributed by atoms with Gasteiger partial charge in [-0.25, -0.2) is 0 Å². The monoisotopic (exact) mass is 338 g/mol. The zero-order valence-electron chi connectivity index (χ0n) is 13.2. The number of aliphatic hydroxyl groups excluding tert-OH is 1. The van der Waals surface area contributed by atoms with Gasteiger partial charge < -0.3 is 10.4 Å². The molecule has 1 heterocycles. The molecule has 7 heteroatoms. The number of nitrogens with zero attached hydrogens (tertiary/aromatic N) is 1. The van der Waals surface area contributed by atoms with Gasteiger partial charge in [0.25, 0.3) is 17.4 Å². The highest BCUT2D eigenvalue weighted by molar-refractivity contribution is 6.46. The van der Waals surface area contributed by atoms with Crippen LogP contribution in [0.1, 0.15) is 22.7 Å². The van der Waals surface area contributed by atoms with E-state index in [1.807, 2.05) is 6.92 Å². The minimum absolute atomic E-state index is 0.116. The number of carbonyl (C=O) groups is 2. The van der Waals surface area contributed by atoms with E-state index < -0.39 is 22.7 Å². The molecule has 0 saturated carbocycles. The van der Waals surface area contributed by atoms with Crippen molar-refractivity contribution in [2.45, 2.75) is 13.0 Å². The van der Waals surface area contributed by atoms with Gasteiger partial charge in [-0.2, -0.15) is 0 Å². The molecule has 0 aromatic heterocycles. The number of ketones is 1. The van der Waals surface area contributed by atoms with Crippen molar-refractivity contribution in [1.29, 1.82) is 0 Å². The lowest BCUT2D eigenvalue weighted by Gasteiger charge is -2.13. The molecule has 1 aliphatic rings. The van der Waals surface area contributed by atoms with E-state index in [0.717, 1.165) is 5.56 Å². The molecule has 25 heavy (non-hydrogen) atoms. The van der Waals surface area contributed by atoms with Gasteiger partial charge >= 0.3 is 0 Å². The number of benzene rings is 2. The summed E-state index contributed by atoms with van der Waals surface area (Å²) in [5, 5.41) is 24.0. The Morgan fingerprint density at radius 3 is 2.48 bits per heavy atom. The van der Waals surface area contributed by atoms with Crippen molar-refractivity contribution < 1.29 is 19.6 Å². The number of nitrogens with one attached hydrogen (secondary N) is 1. The first-order chi connectivity index (χ1) is 11.9. The fraction of sp³-hybridized carbons (Fsp3) is 0.111. The molecule has 1 fully saturated rings. The number of aryl methyl sites for hydroxylation is 1. The maximum atomic E-state index is 12.2. The molecule has 1 saturated heterocycles. The molecule has 3 rings (SSSR count). The van der Waals surface area contributed by atoms with Crippen molar-refractivity contribution in [2.75, 3.05) is 0 Å². The highest BCUT2D eigenvalue weighted by atomic mass is 16.6. The predicted octanol–water partition coefficient (Wildman–Crippen LogP) is 2.61. The number of non-ortho nitro benzene ring substituents is 1. The predicted molar refractivity (Wildman–Crippen MR) is 89.7 cm³/mol. The molecule has 1 atom stereocenters. The lowest BCUT2D eigenvalue weighted by atomic mass is 9.95. The van der Waals surface area contributed by atoms with Gasteiger partial charge in [-0.1, -0.05) is 42.0 Å². The number of amides is 1. The highest BCUT2D eigenvalue weighted by Gasteiger charge is 2.39. The number of Topliss-reactive ketones (excluding diaryl/α,β-unsaturated/α-hetero) is 1. The van der Waals surface area contributed by atoms with E-state index in [9.17, 15) is 24.8 Å². The molecule has 1 aliphatic heterocycles. The maximum Gasteiger partial charge on any atom is 0.293 e. The summed E-state index contributed by atoms with van der Waals surface area (Å²) in [6.07, 6.45) is 0. The van der Waals surface area contributed by atoms with Crippen LogP contribution in [-0.2, 0) is 9.59 Å². The molecule has 2 aromatic rings. The third-order valence-corrected chi connectivity index (χ3v) is 4.01. The summed E-state index contributed by atoms with van der Waals surface area (Å²) in [5.74, 6) is -2.03. The average molecular weight is 338 g/mol. The van der Waals surface area contributed by atoms with Gasteiger partial charge in [0.1, 0.15) is 5.76 Å². The van der Waals surface area contributed by atoms with Crippen molar-refractivity contribution in [3.8, 4) is 0 Å². The van der Waals surface area contributed by atoms with Crippen molar-refractivity contribution in [1.82, 2.24) is 5.32 Å². The number of carbonyl (C=O) groups excluding carboxylic acids is 2. The smallest absolute Gasteiger partial charge is 0.293 e. The van der Waals surface area contributed by atoms with Gasteiger partial charge in [-0.3, -0.25) is 19.7 Å². The number of hydrogen-bond acceptors (Lipinski definition) is 5. The molecule has 2 N–H and O–H groups in total. The van der Waals surface area contributed by atoms with E-state index in [2.05, 4.69) is 5.32 Å². The molecular weight excluding hydrogens is 324 g/mol. The van der Waals surface area contributed by atoms with E-state index in [4.69, 9.17) is 0 Å². The summed E-state index contributed by atoms with van der Waals surface area (Å²) < 4.78 is 0. The second-order valence-corrected chi connectivity index (χ2v) is 5.72. The average Bonchev–Trinajstić information content (AvgIpc) is 2.90. The van der Waals surface area contributed by atoms with Crippen LogP contribution in [0.3, 0.4) is 0 Å². The SMILES string of the molecule is Cc1ccc(/C(O)=C2\C(=O)C(=O)NC2c2cccc([N+](=O)[O-])c2)cc1. The molecule has 0 radical (unpaired) electrons. The minimum atomic E-state index is -0.943. The molecule has 0 spiro atoms. The van der Waals surface area contributed by atoms with Gasteiger partial charge in [0, 0.05) is 17.7 Å². The third kappa shape index (κ3) is 2.99. The molecule has 1 unspecified atom stereocenters. The lowest BCUT2D eigenvalue weighted by molar-refractivity contribution is -0.384. The fourth-order valence-electron chi connectivity index (χ4n) is 2.70. The number of hydrogen-bond donors (Lipinski definition) is 2. The third-order valence-electron chi connectivity index (χ3n) is 4.01. The van der Waals surface area contributed by atoms with Crippen LogP contribution in [0, 0.1) is 17.0 Å². The van der Waals surface area contributed by atoms with Crippen molar-refractivity contribution in [2.24, 2.45) is 0 Å². The molecular formula is C18H14N2O5. The number of nitro groups is 1. The van der Waals surface area contributed by atoms with E-state index in [1.165, 1.54) is 18.2 Å². The summed E-state index contributed by atoms with van der Waals surface area (Å²) in [6, 6.07) is 11.5. The van der Waals surface area contributed by atoms with Crippen LogP contribution in [0.25, 0.3) is 5.76 Å². The first-order valence-electron chi connectivity index (χ1n) is 7.48. The van der Waals surface area contributed by atoms with Gasteiger partial charge in [-0.05, 0) is 12.5 Å². The largest absolute Gasteiger partial charge is 0.507 e. The highest BCUT2D eigenvalue weighted by Crippen LogP contribution is 2.34. The second-order valence-electron chi connectivity index (χ2n) is 5.72. The Labute approximate surface area is 142 Å². The molecule has 2 aromatic carbocycles. The van der Waals surface area contributed by atoms with Crippen molar-refractivity contribution >= 4 is 23.1 Å². The van der Waals surface area contributed by atoms with E-state index in [1.54, 1.807) is 30.3 Å². The second kappa shape index (κ2) is 6.20. The van der Waals surface area contributed by atoms with E-state index in [0.29, 0.717) is 11.1 Å². The topological polar surface area (TPSA) is 110 Å². The first kappa shape index (κ1) is 16.4. The van der Waals surface area contributed by atoms with Gasteiger partial charge in [-0.15, -0.1) is 0 Å². The van der Waals surface area contributed by atoms with Crippen LogP contribution in [0.2, 0.25) is 0 Å². The van der Waals surface area contributed by atoms with Crippen molar-refractivity contribution in [3.05, 3.63) is 80.9 Å². The summed E-state index contributed by atoms with van der Waals surface area (Å²) in [6.45, 7) is 1.88. The van der Waals surface area contributed by atoms with Crippen LogP contribution in [-0.4, -0.2) is 21.7 Å². The lowest BCUT2D eigenvalue weighted by Crippen LogP contribution is -2.21. The minimum Gasteiger partial charge on any atom is -0.507 e. The van der Waals surface area contributed by atoms with Crippen LogP contribution in [0.15, 0.2) is 54.1 Å². The van der Waals surface area contributed by atoms with Gasteiger partial charge in [0.2, 0.25) is 0 Å². The molecule has 7 nitrogen and oxygen atoms in total. The van der Waals surface area contributed by atoms with Crippen LogP contribution >= 0.6 is 0 Å². The number of nitro benzene ring substituents is 1. The molecule has 0 bridgehead atoms. The van der Waals surface area contributed by atoms with E-state index in [-0.39, 0.29) is 17.0 Å². The Bertz CT molecular complexity index is 915. The summed E-state index contributed by atoms with van der Waals surface area (Å²) in [4.78, 5) is 34.5. The summed E-state index contributed by atoms with van der Waals surface area (Å²) in [7, 11) is 0. The Morgan fingerprint density at radius 1 is 1.16 bits per heavy atom. The zero-order valence-corrected chi connectivity index (χ0v) is 13.2. The molecule has 126 valence electrons. The Hall–Kier alpha value is -3.48. The van der Waals surface area contributed by atoms with Crippen LogP contribution in [0.4, 0.5) is 5.69 Å². The molecule has 0 aliphatic carbocycles. The first-order valence-corrected chi connectivity index (χ1v) is 7.48. The number of rotatable bonds is 3. The van der Waals surface area contributed by atoms with Gasteiger partial charge in [0.15, 0.2) is 0 Å². The van der Waals surface area contributed by atoms with Crippen molar-refractivity contribution in [3.63, 3.8) is 0 Å². The van der Waals surface area contributed by atoms with Crippen LogP contribution in [0.5, 0.6) is 0 Å². The van der Waals surface area contributed by atoms with Crippen LogP contribution < -0.4 is 5.32 Å². The van der Waals surface area contributed by atoms with E-state index >= 15 is 0 Å².